The maximum atomic E-state index is 13.6. The topological polar surface area (TPSA) is 71.1 Å². The second kappa shape index (κ2) is 6.28. The highest BCUT2D eigenvalue weighted by Crippen LogP contribution is 2.25. The van der Waals surface area contributed by atoms with Crippen LogP contribution in [0.5, 0.6) is 0 Å². The van der Waals surface area contributed by atoms with Gasteiger partial charge in [-0.05, 0) is 37.3 Å². The molecule has 0 aliphatic heterocycles. The number of hydrogen-bond acceptors (Lipinski definition) is 4. The highest BCUT2D eigenvalue weighted by atomic mass is 35.5. The van der Waals surface area contributed by atoms with Crippen LogP contribution in [0.15, 0.2) is 41.4 Å². The summed E-state index contributed by atoms with van der Waals surface area (Å²) in [5.74, 6) is -0.508. The second-order valence-corrected chi connectivity index (χ2v) is 6.20. The molecule has 0 saturated carbocycles. The third-order valence-electron chi connectivity index (χ3n) is 2.58. The molecule has 1 heterocycles. The Morgan fingerprint density at radius 1 is 1.33 bits per heavy atom. The lowest BCUT2D eigenvalue weighted by Gasteiger charge is -2.12. The molecule has 2 N–H and O–H groups in total. The molecule has 21 heavy (non-hydrogen) atoms. The van der Waals surface area contributed by atoms with Crippen LogP contribution in [0.2, 0.25) is 5.02 Å². The fourth-order valence-corrected chi connectivity index (χ4v) is 3.05. The Labute approximate surface area is 127 Å². The summed E-state index contributed by atoms with van der Waals surface area (Å²) >= 11 is 5.75. The van der Waals surface area contributed by atoms with Crippen LogP contribution in [0.4, 0.5) is 15.9 Å². The number of benzene rings is 1. The molecule has 0 saturated heterocycles. The highest BCUT2D eigenvalue weighted by molar-refractivity contribution is 7.92. The zero-order valence-electron chi connectivity index (χ0n) is 11.1. The third-order valence-corrected chi connectivity index (χ3v) is 4.21. The van der Waals surface area contributed by atoms with Crippen LogP contribution in [0.3, 0.4) is 0 Å². The molecule has 0 fully saturated rings. The van der Waals surface area contributed by atoms with Gasteiger partial charge in [-0.2, -0.15) is 0 Å². The molecule has 0 atom stereocenters. The molecule has 1 aromatic carbocycles. The Hall–Kier alpha value is -1.86. The molecule has 0 aliphatic rings. The average molecular weight is 330 g/mol. The molecule has 5 nitrogen and oxygen atoms in total. The van der Waals surface area contributed by atoms with E-state index in [1.165, 1.54) is 30.5 Å². The Morgan fingerprint density at radius 3 is 2.81 bits per heavy atom. The van der Waals surface area contributed by atoms with Crippen molar-refractivity contribution in [2.45, 2.75) is 11.8 Å². The number of anilines is 2. The van der Waals surface area contributed by atoms with Gasteiger partial charge in [0.25, 0.3) is 10.0 Å². The van der Waals surface area contributed by atoms with Crippen molar-refractivity contribution in [3.63, 3.8) is 0 Å². The number of hydrogen-bond donors (Lipinski definition) is 2. The minimum Gasteiger partial charge on any atom is -0.369 e. The Kier molecular flexibility index (Phi) is 4.64. The maximum Gasteiger partial charge on any atom is 0.265 e. The van der Waals surface area contributed by atoms with E-state index in [0.29, 0.717) is 6.54 Å². The van der Waals surface area contributed by atoms with Gasteiger partial charge in [-0.3, -0.25) is 4.72 Å². The number of aromatic nitrogens is 1. The average Bonchev–Trinajstić information content (AvgIpc) is 2.43. The summed E-state index contributed by atoms with van der Waals surface area (Å²) in [7, 11) is -3.98. The van der Waals surface area contributed by atoms with Crippen molar-refractivity contribution in [2.75, 3.05) is 16.6 Å². The first-order valence-corrected chi connectivity index (χ1v) is 7.97. The van der Waals surface area contributed by atoms with Crippen LogP contribution in [0, 0.1) is 5.82 Å². The molecule has 1 aromatic heterocycles. The van der Waals surface area contributed by atoms with Crippen LogP contribution in [0.25, 0.3) is 0 Å². The lowest BCUT2D eigenvalue weighted by molar-refractivity contribution is 0.598. The smallest absolute Gasteiger partial charge is 0.265 e. The van der Waals surface area contributed by atoms with Crippen molar-refractivity contribution in [3.05, 3.63) is 47.4 Å². The summed E-state index contributed by atoms with van der Waals surface area (Å²) in [6.07, 6.45) is 1.47. The summed E-state index contributed by atoms with van der Waals surface area (Å²) in [4.78, 5) is 3.90. The van der Waals surface area contributed by atoms with Crippen LogP contribution in [-0.2, 0) is 10.0 Å². The summed E-state index contributed by atoms with van der Waals surface area (Å²) in [5, 5.41) is 3.07. The highest BCUT2D eigenvalue weighted by Gasteiger charge is 2.20. The quantitative estimate of drug-likeness (QED) is 0.884. The number of pyridine rings is 1. The van der Waals surface area contributed by atoms with Gasteiger partial charge in [0.05, 0.1) is 5.69 Å². The van der Waals surface area contributed by atoms with Crippen LogP contribution in [0.1, 0.15) is 6.92 Å². The van der Waals surface area contributed by atoms with Crippen LogP contribution in [-0.4, -0.2) is 19.9 Å². The van der Waals surface area contributed by atoms with E-state index in [1.807, 2.05) is 6.92 Å². The number of sulfonamides is 1. The van der Waals surface area contributed by atoms with Crippen LogP contribution < -0.4 is 10.0 Å². The first kappa shape index (κ1) is 15.5. The van der Waals surface area contributed by atoms with Gasteiger partial charge in [0.15, 0.2) is 0 Å². The van der Waals surface area contributed by atoms with E-state index in [4.69, 9.17) is 11.6 Å². The summed E-state index contributed by atoms with van der Waals surface area (Å²) in [5.41, 5.74) is -0.214. The maximum absolute atomic E-state index is 13.6. The first-order valence-electron chi connectivity index (χ1n) is 6.11. The van der Waals surface area contributed by atoms with E-state index in [0.717, 1.165) is 6.07 Å². The summed E-state index contributed by atoms with van der Waals surface area (Å²) in [6.45, 7) is 2.32. The second-order valence-electron chi connectivity index (χ2n) is 4.11. The van der Waals surface area contributed by atoms with E-state index in [1.54, 1.807) is 0 Å². The predicted molar refractivity (Wildman–Crippen MR) is 80.6 cm³/mol. The third kappa shape index (κ3) is 3.62. The van der Waals surface area contributed by atoms with Crippen molar-refractivity contribution in [2.24, 2.45) is 0 Å². The number of nitrogens with zero attached hydrogens (tertiary/aromatic N) is 1. The Balaban J connectivity index is 2.41. The minimum absolute atomic E-state index is 0.0637. The van der Waals surface area contributed by atoms with Gasteiger partial charge in [0.2, 0.25) is 0 Å². The molecule has 8 heteroatoms. The SMILES string of the molecule is CCNc1ncccc1S(=O)(=O)Nc1cc(Cl)ccc1F. The van der Waals surface area contributed by atoms with Gasteiger partial charge in [-0.1, -0.05) is 11.6 Å². The lowest BCUT2D eigenvalue weighted by Crippen LogP contribution is -2.17. The summed E-state index contributed by atoms with van der Waals surface area (Å²) < 4.78 is 40.5. The number of nitrogens with one attached hydrogen (secondary N) is 2. The molecular formula is C13H13ClFN3O2S. The fraction of sp³-hybridized carbons (Fsp3) is 0.154. The van der Waals surface area contributed by atoms with E-state index >= 15 is 0 Å². The van der Waals surface area contributed by atoms with Crippen molar-refractivity contribution in [1.29, 1.82) is 0 Å². The largest absolute Gasteiger partial charge is 0.369 e. The standard InChI is InChI=1S/C13H13ClFN3O2S/c1-2-16-13-12(4-3-7-17-13)21(19,20)18-11-8-9(14)5-6-10(11)15/h3-8,18H,2H2,1H3,(H,16,17). The number of rotatable bonds is 5. The Morgan fingerprint density at radius 2 is 2.10 bits per heavy atom. The fourth-order valence-electron chi connectivity index (χ4n) is 1.68. The molecule has 0 bridgehead atoms. The first-order chi connectivity index (χ1) is 9.94. The van der Waals surface area contributed by atoms with Gasteiger partial charge in [0.1, 0.15) is 16.5 Å². The molecule has 112 valence electrons. The van der Waals surface area contributed by atoms with E-state index in [2.05, 4.69) is 15.0 Å². The zero-order valence-corrected chi connectivity index (χ0v) is 12.7. The predicted octanol–water partition coefficient (Wildman–Crippen LogP) is 3.11. The van der Waals surface area contributed by atoms with E-state index < -0.39 is 15.8 Å². The van der Waals surface area contributed by atoms with Crippen molar-refractivity contribution < 1.29 is 12.8 Å². The molecule has 0 unspecified atom stereocenters. The van der Waals surface area contributed by atoms with Crippen molar-refractivity contribution in [3.8, 4) is 0 Å². The molecule has 0 aliphatic carbocycles. The van der Waals surface area contributed by atoms with E-state index in [9.17, 15) is 12.8 Å². The molecule has 2 aromatic rings. The lowest BCUT2D eigenvalue weighted by atomic mass is 10.3. The van der Waals surface area contributed by atoms with Crippen LogP contribution >= 0.6 is 11.6 Å². The van der Waals surface area contributed by atoms with Crippen molar-refractivity contribution >= 4 is 33.1 Å². The van der Waals surface area contributed by atoms with Gasteiger partial charge >= 0.3 is 0 Å². The molecule has 0 amide bonds. The minimum atomic E-state index is -3.98. The molecular weight excluding hydrogens is 317 g/mol. The monoisotopic (exact) mass is 329 g/mol. The molecule has 0 radical (unpaired) electrons. The normalized spacial score (nSPS) is 11.2. The van der Waals surface area contributed by atoms with Gasteiger partial charge in [0, 0.05) is 17.8 Å². The van der Waals surface area contributed by atoms with Gasteiger partial charge in [-0.25, -0.2) is 17.8 Å². The Bertz CT molecular complexity index is 753. The van der Waals surface area contributed by atoms with Gasteiger partial charge < -0.3 is 5.32 Å². The van der Waals surface area contributed by atoms with Gasteiger partial charge in [-0.15, -0.1) is 0 Å². The summed E-state index contributed by atoms with van der Waals surface area (Å²) in [6, 6.07) is 6.51. The van der Waals surface area contributed by atoms with Crippen molar-refractivity contribution in [1.82, 2.24) is 4.98 Å². The number of halogens is 2. The van der Waals surface area contributed by atoms with E-state index in [-0.39, 0.29) is 21.4 Å². The molecule has 0 spiro atoms. The zero-order chi connectivity index (χ0) is 15.5. The molecule has 2 rings (SSSR count).